The van der Waals surface area contributed by atoms with E-state index in [9.17, 15) is 0 Å². The highest BCUT2D eigenvalue weighted by Gasteiger charge is 1.98. The maximum Gasteiger partial charge on any atom is 0.0933 e. The van der Waals surface area contributed by atoms with Gasteiger partial charge >= 0.3 is 0 Å². The van der Waals surface area contributed by atoms with Crippen molar-refractivity contribution in [1.82, 2.24) is 0 Å². The Bertz CT molecular complexity index is 368. The molecule has 0 atom stereocenters. The SMILES string of the molecule is Cc1cc(Br)cc(/C(N)=C/C#N)c1. The Morgan fingerprint density at radius 1 is 1.54 bits per heavy atom. The van der Waals surface area contributed by atoms with Crippen molar-refractivity contribution in [3.63, 3.8) is 0 Å². The Morgan fingerprint density at radius 2 is 2.23 bits per heavy atom. The first-order valence-electron chi connectivity index (χ1n) is 3.76. The first-order valence-corrected chi connectivity index (χ1v) is 4.55. The third kappa shape index (κ3) is 2.60. The second-order valence-corrected chi connectivity index (χ2v) is 3.66. The van der Waals surface area contributed by atoms with Gasteiger partial charge in [0.2, 0.25) is 0 Å². The predicted octanol–water partition coefficient (Wildman–Crippen LogP) is 2.58. The van der Waals surface area contributed by atoms with Crippen molar-refractivity contribution in [2.75, 3.05) is 0 Å². The van der Waals surface area contributed by atoms with Crippen molar-refractivity contribution >= 4 is 21.6 Å². The van der Waals surface area contributed by atoms with Crippen LogP contribution in [0.5, 0.6) is 0 Å². The molecule has 0 aromatic heterocycles. The molecule has 0 bridgehead atoms. The summed E-state index contributed by atoms with van der Waals surface area (Å²) in [6.45, 7) is 1.98. The standard InChI is InChI=1S/C10H9BrN2/c1-7-4-8(6-9(11)5-7)10(13)2-3-12/h2,4-6H,13H2,1H3/b10-2-. The maximum absolute atomic E-state index is 8.42. The fourth-order valence-electron chi connectivity index (χ4n) is 1.06. The van der Waals surface area contributed by atoms with Gasteiger partial charge in [-0.3, -0.25) is 0 Å². The van der Waals surface area contributed by atoms with Crippen LogP contribution in [0.15, 0.2) is 28.7 Å². The van der Waals surface area contributed by atoms with Crippen molar-refractivity contribution in [1.29, 1.82) is 5.26 Å². The number of nitrogens with zero attached hydrogens (tertiary/aromatic N) is 1. The van der Waals surface area contributed by atoms with Crippen LogP contribution in [0.2, 0.25) is 0 Å². The number of hydrogen-bond donors (Lipinski definition) is 1. The molecule has 13 heavy (non-hydrogen) atoms. The molecule has 1 rings (SSSR count). The average molecular weight is 237 g/mol. The molecule has 0 fully saturated rings. The van der Waals surface area contributed by atoms with E-state index in [4.69, 9.17) is 11.0 Å². The summed E-state index contributed by atoms with van der Waals surface area (Å²) >= 11 is 3.37. The molecule has 0 spiro atoms. The molecule has 1 aromatic rings. The van der Waals surface area contributed by atoms with Crippen molar-refractivity contribution in [2.45, 2.75) is 6.92 Å². The van der Waals surface area contributed by atoms with Gasteiger partial charge in [0.15, 0.2) is 0 Å². The van der Waals surface area contributed by atoms with Gasteiger partial charge in [-0.1, -0.05) is 15.9 Å². The second kappa shape index (κ2) is 4.11. The van der Waals surface area contributed by atoms with Crippen LogP contribution in [0, 0.1) is 18.3 Å². The van der Waals surface area contributed by atoms with Crippen molar-refractivity contribution in [3.8, 4) is 6.07 Å². The van der Waals surface area contributed by atoms with E-state index in [1.54, 1.807) is 0 Å². The molecule has 0 heterocycles. The number of allylic oxidation sites excluding steroid dienone is 1. The molecule has 1 aromatic carbocycles. The third-order valence-corrected chi connectivity index (χ3v) is 2.05. The summed E-state index contributed by atoms with van der Waals surface area (Å²) in [5, 5.41) is 8.42. The van der Waals surface area contributed by atoms with Gasteiger partial charge in [-0.2, -0.15) is 5.26 Å². The maximum atomic E-state index is 8.42. The minimum atomic E-state index is 0.493. The molecule has 0 saturated heterocycles. The van der Waals surface area contributed by atoms with E-state index in [1.807, 2.05) is 31.2 Å². The molecule has 0 aliphatic heterocycles. The molecular formula is C10H9BrN2. The smallest absolute Gasteiger partial charge is 0.0933 e. The number of aryl methyl sites for hydroxylation is 1. The molecule has 0 aliphatic carbocycles. The molecule has 2 N–H and O–H groups in total. The van der Waals surface area contributed by atoms with Crippen LogP contribution in [0.1, 0.15) is 11.1 Å². The van der Waals surface area contributed by atoms with E-state index in [-0.39, 0.29) is 0 Å². The van der Waals surface area contributed by atoms with Crippen molar-refractivity contribution in [2.24, 2.45) is 5.73 Å². The number of halogens is 1. The molecule has 66 valence electrons. The van der Waals surface area contributed by atoms with Gasteiger partial charge in [-0.15, -0.1) is 0 Å². The fourth-order valence-corrected chi connectivity index (χ4v) is 1.66. The summed E-state index contributed by atoms with van der Waals surface area (Å²) in [6.07, 6.45) is 1.33. The summed E-state index contributed by atoms with van der Waals surface area (Å²) in [4.78, 5) is 0. The van der Waals surface area contributed by atoms with Gasteiger partial charge in [-0.25, -0.2) is 0 Å². The fraction of sp³-hybridized carbons (Fsp3) is 0.100. The Kier molecular flexibility index (Phi) is 3.10. The normalized spacial score (nSPS) is 11.0. The van der Waals surface area contributed by atoms with Crippen molar-refractivity contribution in [3.05, 3.63) is 39.9 Å². The highest BCUT2D eigenvalue weighted by Crippen LogP contribution is 2.18. The second-order valence-electron chi connectivity index (χ2n) is 2.75. The lowest BCUT2D eigenvalue weighted by Crippen LogP contribution is -1.96. The minimum absolute atomic E-state index is 0.493. The van der Waals surface area contributed by atoms with Crippen LogP contribution < -0.4 is 5.73 Å². The van der Waals surface area contributed by atoms with Gasteiger partial charge in [0.25, 0.3) is 0 Å². The van der Waals surface area contributed by atoms with Gasteiger partial charge in [-0.05, 0) is 36.2 Å². The topological polar surface area (TPSA) is 49.8 Å². The summed E-state index contributed by atoms with van der Waals surface area (Å²) < 4.78 is 0.969. The molecule has 0 radical (unpaired) electrons. The highest BCUT2D eigenvalue weighted by molar-refractivity contribution is 9.10. The van der Waals surface area contributed by atoms with Gasteiger partial charge in [0.05, 0.1) is 6.07 Å². The van der Waals surface area contributed by atoms with Crippen LogP contribution in [0.25, 0.3) is 5.70 Å². The monoisotopic (exact) mass is 236 g/mol. The predicted molar refractivity (Wildman–Crippen MR) is 56.7 cm³/mol. The Hall–Kier alpha value is -1.27. The summed E-state index contributed by atoms with van der Waals surface area (Å²) in [5.74, 6) is 0. The minimum Gasteiger partial charge on any atom is -0.398 e. The summed E-state index contributed by atoms with van der Waals surface area (Å²) in [7, 11) is 0. The van der Waals surface area contributed by atoms with Crippen LogP contribution >= 0.6 is 15.9 Å². The first-order chi connectivity index (χ1) is 6.13. The van der Waals surface area contributed by atoms with E-state index >= 15 is 0 Å². The van der Waals surface area contributed by atoms with E-state index in [1.165, 1.54) is 6.08 Å². The molecule has 0 amide bonds. The zero-order valence-corrected chi connectivity index (χ0v) is 8.80. The lowest BCUT2D eigenvalue weighted by atomic mass is 10.1. The van der Waals surface area contributed by atoms with Gasteiger partial charge < -0.3 is 5.73 Å². The quantitative estimate of drug-likeness (QED) is 0.763. The van der Waals surface area contributed by atoms with Crippen LogP contribution in [-0.2, 0) is 0 Å². The molecule has 2 nitrogen and oxygen atoms in total. The lowest BCUT2D eigenvalue weighted by molar-refractivity contribution is 1.40. The van der Waals surface area contributed by atoms with Crippen LogP contribution in [0.4, 0.5) is 0 Å². The molecule has 3 heteroatoms. The van der Waals surface area contributed by atoms with Gasteiger partial charge in [0.1, 0.15) is 0 Å². The third-order valence-electron chi connectivity index (χ3n) is 1.60. The Labute approximate surface area is 85.8 Å². The Balaban J connectivity index is 3.17. The molecule has 0 aliphatic rings. The molecule has 0 saturated carbocycles. The average Bonchev–Trinajstić information content (AvgIpc) is 2.03. The number of nitrogens with two attached hydrogens (primary N) is 1. The van der Waals surface area contributed by atoms with Crippen LogP contribution in [-0.4, -0.2) is 0 Å². The number of nitriles is 1. The number of benzene rings is 1. The zero-order valence-electron chi connectivity index (χ0n) is 7.21. The largest absolute Gasteiger partial charge is 0.398 e. The van der Waals surface area contributed by atoms with E-state index < -0.39 is 0 Å². The molecular weight excluding hydrogens is 228 g/mol. The number of hydrogen-bond acceptors (Lipinski definition) is 2. The first kappa shape index (κ1) is 9.82. The zero-order chi connectivity index (χ0) is 9.84. The Morgan fingerprint density at radius 3 is 2.77 bits per heavy atom. The number of rotatable bonds is 1. The highest BCUT2D eigenvalue weighted by atomic mass is 79.9. The summed E-state index contributed by atoms with van der Waals surface area (Å²) in [6, 6.07) is 7.72. The molecule has 0 unspecified atom stereocenters. The van der Waals surface area contributed by atoms with Crippen LogP contribution in [0.3, 0.4) is 0 Å². The van der Waals surface area contributed by atoms with Crippen molar-refractivity contribution < 1.29 is 0 Å². The van der Waals surface area contributed by atoms with Gasteiger partial charge in [0, 0.05) is 16.2 Å². The summed E-state index contributed by atoms with van der Waals surface area (Å²) in [5.41, 5.74) is 8.13. The van der Waals surface area contributed by atoms with E-state index in [0.29, 0.717) is 5.70 Å². The van der Waals surface area contributed by atoms with E-state index in [2.05, 4.69) is 15.9 Å². The van der Waals surface area contributed by atoms with E-state index in [0.717, 1.165) is 15.6 Å². The lowest BCUT2D eigenvalue weighted by Gasteiger charge is -2.02.